The van der Waals surface area contributed by atoms with Crippen molar-refractivity contribution < 1.29 is 0 Å². The van der Waals surface area contributed by atoms with Gasteiger partial charge in [0.2, 0.25) is 0 Å². The average molecular weight is 334 g/mol. The third-order valence-corrected chi connectivity index (χ3v) is 4.75. The van der Waals surface area contributed by atoms with Gasteiger partial charge in [0.1, 0.15) is 13.7 Å². The minimum Gasteiger partial charge on any atom is -0.383 e. The van der Waals surface area contributed by atoms with Crippen molar-refractivity contribution >= 4 is 53.7 Å². The molecule has 3 aromatic rings. The molecular formula is C14H10BCl2N3S. The van der Waals surface area contributed by atoms with Crippen LogP contribution in [0.2, 0.25) is 10.0 Å². The molecule has 0 saturated heterocycles. The van der Waals surface area contributed by atoms with Crippen molar-refractivity contribution in [2.45, 2.75) is 0 Å². The zero-order valence-electron chi connectivity index (χ0n) is 11.1. The summed E-state index contributed by atoms with van der Waals surface area (Å²) < 4.78 is 0. The van der Waals surface area contributed by atoms with Gasteiger partial charge in [0.15, 0.2) is 0 Å². The topological polar surface area (TPSA) is 51.8 Å². The summed E-state index contributed by atoms with van der Waals surface area (Å²) in [4.78, 5) is 9.56. The van der Waals surface area contributed by atoms with Gasteiger partial charge in [-0.1, -0.05) is 46.9 Å². The molecule has 2 N–H and O–H groups in total. The standard InChI is InChI=1S/C14H10BCl2N3S/c15-7-4-9(14(18)19-5-7)12-13(21-6-20-12)8-2-1-3-10(16)11(8)17/h1-6H,15H2,(H2,18,19). The zero-order valence-corrected chi connectivity index (χ0v) is 13.4. The number of hydrogen-bond acceptors (Lipinski definition) is 4. The molecule has 104 valence electrons. The van der Waals surface area contributed by atoms with Crippen LogP contribution in [0.4, 0.5) is 5.82 Å². The van der Waals surface area contributed by atoms with E-state index in [1.54, 1.807) is 17.8 Å². The van der Waals surface area contributed by atoms with Crippen molar-refractivity contribution in [3.05, 3.63) is 46.0 Å². The fourth-order valence-corrected chi connectivity index (χ4v) is 3.36. The molecule has 0 aliphatic heterocycles. The minimum absolute atomic E-state index is 0.450. The van der Waals surface area contributed by atoms with E-state index in [-0.39, 0.29) is 0 Å². The average Bonchev–Trinajstić information content (AvgIpc) is 2.93. The smallest absolute Gasteiger partial charge is 0.141 e. The van der Waals surface area contributed by atoms with Gasteiger partial charge in [-0.05, 0) is 6.07 Å². The monoisotopic (exact) mass is 333 g/mol. The van der Waals surface area contributed by atoms with Gasteiger partial charge in [-0.2, -0.15) is 0 Å². The normalized spacial score (nSPS) is 10.8. The molecule has 3 nitrogen and oxygen atoms in total. The van der Waals surface area contributed by atoms with Crippen LogP contribution in [0.25, 0.3) is 21.7 Å². The van der Waals surface area contributed by atoms with E-state index in [0.717, 1.165) is 27.2 Å². The molecule has 1 aromatic carbocycles. The number of thiazole rings is 1. The summed E-state index contributed by atoms with van der Waals surface area (Å²) in [5.74, 6) is 0.450. The summed E-state index contributed by atoms with van der Waals surface area (Å²) >= 11 is 13.9. The molecule has 0 unspecified atom stereocenters. The Hall–Kier alpha value is -1.56. The number of benzene rings is 1. The molecular weight excluding hydrogens is 324 g/mol. The lowest BCUT2D eigenvalue weighted by atomic mass is 9.95. The Morgan fingerprint density at radius 1 is 1.14 bits per heavy atom. The first kappa shape index (κ1) is 14.4. The van der Waals surface area contributed by atoms with Crippen molar-refractivity contribution in [1.29, 1.82) is 0 Å². The first-order chi connectivity index (χ1) is 10.1. The van der Waals surface area contributed by atoms with Crippen LogP contribution in [0.3, 0.4) is 0 Å². The predicted molar refractivity (Wildman–Crippen MR) is 93.4 cm³/mol. The Bertz CT molecular complexity index is 803. The number of nitrogens with zero attached hydrogens (tertiary/aromatic N) is 2. The molecule has 2 heterocycles. The van der Waals surface area contributed by atoms with Crippen LogP contribution in [0.15, 0.2) is 36.0 Å². The van der Waals surface area contributed by atoms with E-state index in [1.807, 2.05) is 26.0 Å². The first-order valence-electron chi connectivity index (χ1n) is 6.18. The van der Waals surface area contributed by atoms with Crippen LogP contribution in [-0.2, 0) is 0 Å². The van der Waals surface area contributed by atoms with Crippen LogP contribution in [0, 0.1) is 0 Å². The summed E-state index contributed by atoms with van der Waals surface area (Å²) in [5, 5.41) is 1.03. The number of aromatic nitrogens is 2. The predicted octanol–water partition coefficient (Wildman–Crippen LogP) is 3.02. The Kier molecular flexibility index (Phi) is 3.89. The van der Waals surface area contributed by atoms with E-state index in [4.69, 9.17) is 28.9 Å². The highest BCUT2D eigenvalue weighted by Gasteiger charge is 2.17. The maximum atomic E-state index is 6.32. The van der Waals surface area contributed by atoms with Gasteiger partial charge in [0.05, 0.1) is 26.1 Å². The summed E-state index contributed by atoms with van der Waals surface area (Å²) in [6.07, 6.45) is 1.73. The van der Waals surface area contributed by atoms with Gasteiger partial charge in [0, 0.05) is 17.3 Å². The number of rotatable bonds is 2. The lowest BCUT2D eigenvalue weighted by Gasteiger charge is -2.08. The summed E-state index contributed by atoms with van der Waals surface area (Å²) in [6.45, 7) is 0. The third-order valence-electron chi connectivity index (χ3n) is 3.07. The van der Waals surface area contributed by atoms with Gasteiger partial charge < -0.3 is 5.73 Å². The highest BCUT2D eigenvalue weighted by molar-refractivity contribution is 7.13. The van der Waals surface area contributed by atoms with E-state index < -0.39 is 0 Å². The molecule has 0 bridgehead atoms. The van der Waals surface area contributed by atoms with Crippen LogP contribution < -0.4 is 11.2 Å². The number of hydrogen-bond donors (Lipinski definition) is 1. The Labute approximate surface area is 137 Å². The second-order valence-corrected chi connectivity index (χ2v) is 6.22. The summed E-state index contributed by atoms with van der Waals surface area (Å²) in [5.41, 5.74) is 11.2. The van der Waals surface area contributed by atoms with Crippen molar-refractivity contribution in [3.63, 3.8) is 0 Å². The molecule has 3 rings (SSSR count). The van der Waals surface area contributed by atoms with Crippen LogP contribution >= 0.6 is 34.5 Å². The molecule has 0 spiro atoms. The number of halogens is 2. The first-order valence-corrected chi connectivity index (χ1v) is 7.82. The Morgan fingerprint density at radius 3 is 2.76 bits per heavy atom. The second kappa shape index (κ2) is 5.68. The van der Waals surface area contributed by atoms with Crippen molar-refractivity contribution in [3.8, 4) is 21.7 Å². The molecule has 7 heteroatoms. The van der Waals surface area contributed by atoms with Gasteiger partial charge in [-0.15, -0.1) is 11.3 Å². The maximum Gasteiger partial charge on any atom is 0.141 e. The molecule has 0 aliphatic carbocycles. The van der Waals surface area contributed by atoms with Gasteiger partial charge in [-0.3, -0.25) is 0 Å². The molecule has 0 fully saturated rings. The number of anilines is 1. The lowest BCUT2D eigenvalue weighted by molar-refractivity contribution is 1.33. The van der Waals surface area contributed by atoms with E-state index in [1.165, 1.54) is 11.3 Å². The highest BCUT2D eigenvalue weighted by atomic mass is 35.5. The SMILES string of the molecule is Bc1cnc(N)c(-c2ncsc2-c2cccc(Cl)c2Cl)c1. The van der Waals surface area contributed by atoms with Crippen molar-refractivity contribution in [1.82, 2.24) is 9.97 Å². The fraction of sp³-hybridized carbons (Fsp3) is 0. The molecule has 0 atom stereocenters. The van der Waals surface area contributed by atoms with Crippen LogP contribution in [0.5, 0.6) is 0 Å². The quantitative estimate of drug-likeness (QED) is 0.733. The van der Waals surface area contributed by atoms with Gasteiger partial charge in [0.25, 0.3) is 0 Å². The van der Waals surface area contributed by atoms with Gasteiger partial charge >= 0.3 is 0 Å². The maximum absolute atomic E-state index is 6.32. The lowest BCUT2D eigenvalue weighted by Crippen LogP contribution is -2.07. The zero-order chi connectivity index (χ0) is 15.0. The number of nitrogens with two attached hydrogens (primary N) is 1. The third kappa shape index (κ3) is 2.64. The molecule has 0 amide bonds. The van der Waals surface area contributed by atoms with E-state index in [2.05, 4.69) is 9.97 Å². The van der Waals surface area contributed by atoms with Crippen molar-refractivity contribution in [2.75, 3.05) is 5.73 Å². The summed E-state index contributed by atoms with van der Waals surface area (Å²) in [7, 11) is 1.97. The number of pyridine rings is 1. The van der Waals surface area contributed by atoms with Crippen LogP contribution in [0.1, 0.15) is 0 Å². The highest BCUT2D eigenvalue weighted by Crippen LogP contribution is 2.41. The summed E-state index contributed by atoms with van der Waals surface area (Å²) in [6, 6.07) is 7.52. The van der Waals surface area contributed by atoms with Crippen LogP contribution in [-0.4, -0.2) is 17.8 Å². The van der Waals surface area contributed by atoms with E-state index in [0.29, 0.717) is 15.9 Å². The molecule has 0 aliphatic rings. The Balaban J connectivity index is 2.22. The van der Waals surface area contributed by atoms with Gasteiger partial charge in [-0.25, -0.2) is 9.97 Å². The second-order valence-electron chi connectivity index (χ2n) is 4.58. The molecule has 2 aromatic heterocycles. The minimum atomic E-state index is 0.450. The molecule has 0 saturated carbocycles. The Morgan fingerprint density at radius 2 is 1.95 bits per heavy atom. The van der Waals surface area contributed by atoms with Crippen molar-refractivity contribution in [2.24, 2.45) is 0 Å². The molecule has 0 radical (unpaired) electrons. The number of nitrogen functional groups attached to an aromatic ring is 1. The van der Waals surface area contributed by atoms with E-state index in [9.17, 15) is 0 Å². The largest absolute Gasteiger partial charge is 0.383 e. The van der Waals surface area contributed by atoms with E-state index >= 15 is 0 Å². The molecule has 21 heavy (non-hydrogen) atoms. The fourth-order valence-electron chi connectivity index (χ4n) is 2.08.